The van der Waals surface area contributed by atoms with Crippen molar-refractivity contribution in [3.8, 4) is 0 Å². The highest BCUT2D eigenvalue weighted by molar-refractivity contribution is 5.73. The van der Waals surface area contributed by atoms with Gasteiger partial charge in [-0.2, -0.15) is 0 Å². The van der Waals surface area contributed by atoms with E-state index in [1.165, 1.54) is 26.4 Å². The summed E-state index contributed by atoms with van der Waals surface area (Å²) in [6.07, 6.45) is 9.05. The summed E-state index contributed by atoms with van der Waals surface area (Å²) in [7, 11) is 1.49. The molecule has 0 bridgehead atoms. The molecule has 2 aliphatic carbocycles. The number of carbonyl (C=O) groups excluding carboxylic acids is 1. The Balaban J connectivity index is 2.12. The van der Waals surface area contributed by atoms with E-state index in [1.54, 1.807) is 0 Å². The Morgan fingerprint density at radius 1 is 1.46 bits per heavy atom. The van der Waals surface area contributed by atoms with Gasteiger partial charge >= 0.3 is 5.97 Å². The minimum atomic E-state index is -0.0127. The van der Waals surface area contributed by atoms with E-state index in [0.717, 1.165) is 6.42 Å². The first-order chi connectivity index (χ1) is 6.33. The number of methoxy groups -OCH3 is 1. The molecule has 1 fully saturated rings. The van der Waals surface area contributed by atoms with Gasteiger partial charge in [-0.05, 0) is 31.1 Å². The molecular formula is C11H16O2. The predicted octanol–water partition coefficient (Wildman–Crippen LogP) is 2.15. The summed E-state index contributed by atoms with van der Waals surface area (Å²) in [4.78, 5) is 11.5. The lowest BCUT2D eigenvalue weighted by molar-refractivity contribution is -0.147. The second-order valence-electron chi connectivity index (χ2n) is 4.05. The van der Waals surface area contributed by atoms with E-state index in [2.05, 4.69) is 12.2 Å². The number of hydrogen-bond donors (Lipinski definition) is 0. The van der Waals surface area contributed by atoms with Gasteiger partial charge in [0.2, 0.25) is 0 Å². The van der Waals surface area contributed by atoms with E-state index in [4.69, 9.17) is 4.74 Å². The van der Waals surface area contributed by atoms with Crippen molar-refractivity contribution in [1.82, 2.24) is 0 Å². The Morgan fingerprint density at radius 3 is 3.08 bits per heavy atom. The van der Waals surface area contributed by atoms with Gasteiger partial charge in [0, 0.05) is 0 Å². The van der Waals surface area contributed by atoms with Crippen molar-refractivity contribution < 1.29 is 9.53 Å². The van der Waals surface area contributed by atoms with Gasteiger partial charge in [-0.3, -0.25) is 4.79 Å². The maximum Gasteiger partial charge on any atom is 0.309 e. The number of hydrogen-bond acceptors (Lipinski definition) is 2. The normalized spacial score (nSPS) is 37.2. The summed E-state index contributed by atoms with van der Waals surface area (Å²) in [5.41, 5.74) is 0. The van der Waals surface area contributed by atoms with Gasteiger partial charge < -0.3 is 4.74 Å². The van der Waals surface area contributed by atoms with E-state index in [9.17, 15) is 4.79 Å². The van der Waals surface area contributed by atoms with Crippen LogP contribution in [0.4, 0.5) is 0 Å². The van der Waals surface area contributed by atoms with Crippen molar-refractivity contribution in [2.45, 2.75) is 25.7 Å². The van der Waals surface area contributed by atoms with Crippen molar-refractivity contribution >= 4 is 5.97 Å². The molecule has 0 N–H and O–H groups in total. The van der Waals surface area contributed by atoms with Crippen LogP contribution in [0.1, 0.15) is 25.7 Å². The smallest absolute Gasteiger partial charge is 0.309 e. The largest absolute Gasteiger partial charge is 0.469 e. The van der Waals surface area contributed by atoms with Crippen LogP contribution in [0.25, 0.3) is 0 Å². The average molecular weight is 180 g/mol. The zero-order valence-corrected chi connectivity index (χ0v) is 8.03. The third-order valence-electron chi connectivity index (χ3n) is 3.42. The number of allylic oxidation sites excluding steroid dienone is 2. The van der Waals surface area contributed by atoms with Gasteiger partial charge in [-0.25, -0.2) is 0 Å². The Morgan fingerprint density at radius 2 is 2.31 bits per heavy atom. The van der Waals surface area contributed by atoms with Crippen molar-refractivity contribution in [2.24, 2.45) is 17.8 Å². The standard InChI is InChI=1S/C11H16O2/c1-13-11(12)10-7-3-5-8-4-2-6-9(8)10/h3,5,8-10H,2,4,6-7H2,1H3/t8-,9-,10+/m0/s1. The Hall–Kier alpha value is -0.790. The molecule has 0 radical (unpaired) electrons. The molecule has 0 aromatic carbocycles. The number of rotatable bonds is 1. The Kier molecular flexibility index (Phi) is 2.38. The average Bonchev–Trinajstić information content (AvgIpc) is 2.63. The fraction of sp³-hybridized carbons (Fsp3) is 0.727. The number of ether oxygens (including phenoxy) is 1. The van der Waals surface area contributed by atoms with Gasteiger partial charge in [0.25, 0.3) is 0 Å². The summed E-state index contributed by atoms with van der Waals surface area (Å²) in [5.74, 6) is 1.35. The van der Waals surface area contributed by atoms with Crippen LogP contribution in [-0.2, 0) is 9.53 Å². The number of fused-ring (bicyclic) bond motifs is 1. The first-order valence-corrected chi connectivity index (χ1v) is 5.07. The van der Waals surface area contributed by atoms with Crippen LogP contribution in [0.15, 0.2) is 12.2 Å². The third kappa shape index (κ3) is 1.50. The number of esters is 1. The Bertz CT molecular complexity index is 232. The molecule has 0 heterocycles. The first kappa shape index (κ1) is 8.79. The number of carbonyl (C=O) groups is 1. The topological polar surface area (TPSA) is 26.3 Å². The summed E-state index contributed by atoms with van der Waals surface area (Å²) in [6, 6.07) is 0. The lowest BCUT2D eigenvalue weighted by atomic mass is 9.78. The van der Waals surface area contributed by atoms with E-state index in [-0.39, 0.29) is 11.9 Å². The zero-order chi connectivity index (χ0) is 9.26. The van der Waals surface area contributed by atoms with E-state index >= 15 is 0 Å². The minimum absolute atomic E-state index is 0.0127. The lowest BCUT2D eigenvalue weighted by Crippen LogP contribution is -2.28. The summed E-state index contributed by atoms with van der Waals surface area (Å²) < 4.78 is 4.83. The molecule has 2 heteroatoms. The van der Waals surface area contributed by atoms with Crippen LogP contribution in [0.3, 0.4) is 0 Å². The Labute approximate surface area is 79.0 Å². The molecule has 72 valence electrons. The van der Waals surface area contributed by atoms with Crippen molar-refractivity contribution in [3.05, 3.63) is 12.2 Å². The van der Waals surface area contributed by atoms with Gasteiger partial charge in [0.15, 0.2) is 0 Å². The zero-order valence-electron chi connectivity index (χ0n) is 8.03. The van der Waals surface area contributed by atoms with Gasteiger partial charge in [0.1, 0.15) is 0 Å². The van der Waals surface area contributed by atoms with Crippen molar-refractivity contribution in [3.63, 3.8) is 0 Å². The summed E-state index contributed by atoms with van der Waals surface area (Å²) in [5, 5.41) is 0. The highest BCUT2D eigenvalue weighted by Crippen LogP contribution is 2.42. The SMILES string of the molecule is COC(=O)[C@@H]1CC=C[C@@H]2CCC[C@@H]21. The molecule has 2 rings (SSSR count). The van der Waals surface area contributed by atoms with Crippen LogP contribution >= 0.6 is 0 Å². The van der Waals surface area contributed by atoms with Crippen LogP contribution in [0.2, 0.25) is 0 Å². The van der Waals surface area contributed by atoms with E-state index in [1.807, 2.05) is 0 Å². The third-order valence-corrected chi connectivity index (χ3v) is 3.42. The van der Waals surface area contributed by atoms with Crippen molar-refractivity contribution in [1.29, 1.82) is 0 Å². The molecule has 0 aliphatic heterocycles. The quantitative estimate of drug-likeness (QED) is 0.456. The molecule has 13 heavy (non-hydrogen) atoms. The fourth-order valence-electron chi connectivity index (χ4n) is 2.75. The van der Waals surface area contributed by atoms with E-state index < -0.39 is 0 Å². The molecule has 1 saturated carbocycles. The lowest BCUT2D eigenvalue weighted by Gasteiger charge is -2.27. The predicted molar refractivity (Wildman–Crippen MR) is 50.1 cm³/mol. The maximum absolute atomic E-state index is 11.5. The molecule has 0 aromatic rings. The molecular weight excluding hydrogens is 164 g/mol. The molecule has 2 aliphatic rings. The van der Waals surface area contributed by atoms with Gasteiger partial charge in [0.05, 0.1) is 13.0 Å². The summed E-state index contributed by atoms with van der Waals surface area (Å²) >= 11 is 0. The van der Waals surface area contributed by atoms with Crippen LogP contribution in [0, 0.1) is 17.8 Å². The molecule has 3 atom stereocenters. The molecule has 0 spiro atoms. The molecule has 0 unspecified atom stereocenters. The van der Waals surface area contributed by atoms with E-state index in [0.29, 0.717) is 11.8 Å². The summed E-state index contributed by atoms with van der Waals surface area (Å²) in [6.45, 7) is 0. The van der Waals surface area contributed by atoms with Gasteiger partial charge in [-0.15, -0.1) is 0 Å². The second-order valence-corrected chi connectivity index (χ2v) is 4.05. The van der Waals surface area contributed by atoms with Crippen LogP contribution in [0.5, 0.6) is 0 Å². The van der Waals surface area contributed by atoms with Crippen LogP contribution < -0.4 is 0 Å². The fourth-order valence-corrected chi connectivity index (χ4v) is 2.75. The monoisotopic (exact) mass is 180 g/mol. The minimum Gasteiger partial charge on any atom is -0.469 e. The molecule has 0 amide bonds. The molecule has 2 nitrogen and oxygen atoms in total. The molecule has 0 saturated heterocycles. The molecule has 0 aromatic heterocycles. The highest BCUT2D eigenvalue weighted by Gasteiger charge is 2.38. The first-order valence-electron chi connectivity index (χ1n) is 5.07. The highest BCUT2D eigenvalue weighted by atomic mass is 16.5. The van der Waals surface area contributed by atoms with Crippen molar-refractivity contribution in [2.75, 3.05) is 7.11 Å². The maximum atomic E-state index is 11.5. The second kappa shape index (κ2) is 3.52. The van der Waals surface area contributed by atoms with Gasteiger partial charge in [-0.1, -0.05) is 18.6 Å². The van der Waals surface area contributed by atoms with Crippen LogP contribution in [-0.4, -0.2) is 13.1 Å².